The molecule has 0 bridgehead atoms. The molecule has 2 aromatic carbocycles. The summed E-state index contributed by atoms with van der Waals surface area (Å²) in [5.41, 5.74) is 3.57. The number of fused-ring (bicyclic) bond motifs is 1. The van der Waals surface area contributed by atoms with E-state index in [1.807, 2.05) is 30.9 Å². The van der Waals surface area contributed by atoms with Crippen LogP contribution in [-0.4, -0.2) is 26.6 Å². The van der Waals surface area contributed by atoms with Crippen LogP contribution in [0.1, 0.15) is 29.9 Å². The van der Waals surface area contributed by atoms with Crippen LogP contribution >= 0.6 is 34.8 Å². The number of carbonyl (C=O) groups is 1. The molecule has 0 aliphatic carbocycles. The van der Waals surface area contributed by atoms with E-state index >= 15 is 0 Å². The Morgan fingerprint density at radius 1 is 1.00 bits per heavy atom. The first kappa shape index (κ1) is 18.4. The van der Waals surface area contributed by atoms with Gasteiger partial charge in [0.05, 0.1) is 34.2 Å². The zero-order valence-electron chi connectivity index (χ0n) is 14.7. The SMILES string of the molecule is CC(C)N1Cc2nn(-c3ccc(Cl)cc3Cl)c(-c3ccc(Cl)cc3)c2C1=O. The Morgan fingerprint density at radius 2 is 1.67 bits per heavy atom. The van der Waals surface area contributed by atoms with Gasteiger partial charge in [-0.05, 0) is 44.2 Å². The van der Waals surface area contributed by atoms with Crippen molar-refractivity contribution in [3.8, 4) is 16.9 Å². The topological polar surface area (TPSA) is 38.1 Å². The van der Waals surface area contributed by atoms with Gasteiger partial charge >= 0.3 is 0 Å². The van der Waals surface area contributed by atoms with E-state index in [1.165, 1.54) is 0 Å². The largest absolute Gasteiger partial charge is 0.330 e. The van der Waals surface area contributed by atoms with Gasteiger partial charge in [-0.15, -0.1) is 0 Å². The summed E-state index contributed by atoms with van der Waals surface area (Å²) < 4.78 is 1.72. The molecule has 138 valence electrons. The van der Waals surface area contributed by atoms with Crippen molar-refractivity contribution in [3.05, 3.63) is 68.8 Å². The van der Waals surface area contributed by atoms with E-state index in [0.717, 1.165) is 11.3 Å². The zero-order valence-corrected chi connectivity index (χ0v) is 17.0. The summed E-state index contributed by atoms with van der Waals surface area (Å²) in [6, 6.07) is 12.7. The third-order valence-electron chi connectivity index (χ3n) is 4.63. The molecule has 0 spiro atoms. The second kappa shape index (κ2) is 6.86. The quantitative estimate of drug-likeness (QED) is 0.532. The monoisotopic (exact) mass is 419 g/mol. The number of aromatic nitrogens is 2. The fourth-order valence-corrected chi connectivity index (χ4v) is 3.91. The van der Waals surface area contributed by atoms with Crippen LogP contribution in [0.3, 0.4) is 0 Å². The maximum Gasteiger partial charge on any atom is 0.258 e. The molecule has 0 fully saturated rings. The molecule has 4 rings (SSSR count). The van der Waals surface area contributed by atoms with Crippen molar-refractivity contribution < 1.29 is 4.79 Å². The van der Waals surface area contributed by atoms with Crippen molar-refractivity contribution >= 4 is 40.7 Å². The maximum atomic E-state index is 13.1. The van der Waals surface area contributed by atoms with E-state index in [0.29, 0.717) is 38.6 Å². The predicted octanol–water partition coefficient (Wildman–Crippen LogP) is 5.86. The van der Waals surface area contributed by atoms with Crippen LogP contribution in [0, 0.1) is 0 Å². The highest BCUT2D eigenvalue weighted by molar-refractivity contribution is 6.35. The Balaban J connectivity index is 1.96. The van der Waals surface area contributed by atoms with Crippen molar-refractivity contribution in [1.82, 2.24) is 14.7 Å². The predicted molar refractivity (Wildman–Crippen MR) is 109 cm³/mol. The normalized spacial score (nSPS) is 13.6. The fourth-order valence-electron chi connectivity index (χ4n) is 3.29. The minimum atomic E-state index is -0.0266. The number of benzene rings is 2. The van der Waals surface area contributed by atoms with Crippen LogP contribution in [0.15, 0.2) is 42.5 Å². The van der Waals surface area contributed by atoms with Crippen LogP contribution in [-0.2, 0) is 6.54 Å². The molecule has 4 nitrogen and oxygen atoms in total. The van der Waals surface area contributed by atoms with Crippen molar-refractivity contribution in [2.24, 2.45) is 0 Å². The number of hydrogen-bond acceptors (Lipinski definition) is 2. The molecule has 0 saturated carbocycles. The molecule has 3 aromatic rings. The number of rotatable bonds is 3. The van der Waals surface area contributed by atoms with E-state index in [2.05, 4.69) is 0 Å². The number of carbonyl (C=O) groups excluding carboxylic acids is 1. The lowest BCUT2D eigenvalue weighted by molar-refractivity contribution is 0.0729. The van der Waals surface area contributed by atoms with Gasteiger partial charge in [0, 0.05) is 21.7 Å². The van der Waals surface area contributed by atoms with Crippen molar-refractivity contribution in [2.45, 2.75) is 26.4 Å². The highest BCUT2D eigenvalue weighted by atomic mass is 35.5. The standard InChI is InChI=1S/C20H16Cl3N3O/c1-11(2)25-10-16-18(20(25)27)19(12-3-5-13(21)6-4-12)26(24-16)17-8-7-14(22)9-15(17)23/h3-9,11H,10H2,1-2H3. The molecule has 0 radical (unpaired) electrons. The molecule has 1 aromatic heterocycles. The summed E-state index contributed by atoms with van der Waals surface area (Å²) in [6.45, 7) is 4.47. The van der Waals surface area contributed by atoms with Gasteiger partial charge in [-0.3, -0.25) is 4.79 Å². The van der Waals surface area contributed by atoms with Crippen LogP contribution in [0.4, 0.5) is 0 Å². The highest BCUT2D eigenvalue weighted by Crippen LogP contribution is 2.37. The van der Waals surface area contributed by atoms with Crippen molar-refractivity contribution in [2.75, 3.05) is 0 Å². The fraction of sp³-hybridized carbons (Fsp3) is 0.200. The Morgan fingerprint density at radius 3 is 2.30 bits per heavy atom. The van der Waals surface area contributed by atoms with Crippen LogP contribution in [0.5, 0.6) is 0 Å². The molecule has 1 amide bonds. The zero-order chi connectivity index (χ0) is 19.3. The van der Waals surface area contributed by atoms with Gasteiger partial charge in [-0.25, -0.2) is 4.68 Å². The number of nitrogens with zero attached hydrogens (tertiary/aromatic N) is 3. The molecule has 0 saturated heterocycles. The maximum absolute atomic E-state index is 13.1. The first-order valence-electron chi connectivity index (χ1n) is 8.51. The van der Waals surface area contributed by atoms with Crippen LogP contribution in [0.25, 0.3) is 16.9 Å². The summed E-state index contributed by atoms with van der Waals surface area (Å²) in [4.78, 5) is 14.9. The van der Waals surface area contributed by atoms with E-state index in [4.69, 9.17) is 39.9 Å². The average molecular weight is 421 g/mol. The molecular weight excluding hydrogens is 405 g/mol. The second-order valence-electron chi connectivity index (χ2n) is 6.71. The Bertz CT molecular complexity index is 1040. The smallest absolute Gasteiger partial charge is 0.258 e. The number of hydrogen-bond donors (Lipinski definition) is 0. The molecule has 1 aliphatic heterocycles. The van der Waals surface area contributed by atoms with Gasteiger partial charge in [0.15, 0.2) is 0 Å². The molecule has 0 atom stereocenters. The third-order valence-corrected chi connectivity index (χ3v) is 5.42. The molecule has 0 unspecified atom stereocenters. The van der Waals surface area contributed by atoms with Gasteiger partial charge in [0.1, 0.15) is 0 Å². The lowest BCUT2D eigenvalue weighted by Crippen LogP contribution is -2.31. The summed E-state index contributed by atoms with van der Waals surface area (Å²) in [5.74, 6) is -0.0266. The summed E-state index contributed by atoms with van der Waals surface area (Å²) in [5, 5.41) is 6.36. The minimum Gasteiger partial charge on any atom is -0.330 e. The van der Waals surface area contributed by atoms with E-state index < -0.39 is 0 Å². The molecule has 0 N–H and O–H groups in total. The van der Waals surface area contributed by atoms with Crippen molar-refractivity contribution in [3.63, 3.8) is 0 Å². The van der Waals surface area contributed by atoms with Crippen LogP contribution < -0.4 is 0 Å². The second-order valence-corrected chi connectivity index (χ2v) is 7.99. The van der Waals surface area contributed by atoms with Gasteiger partial charge in [0.2, 0.25) is 0 Å². The number of halogens is 3. The summed E-state index contributed by atoms with van der Waals surface area (Å²) >= 11 is 18.5. The molecule has 7 heteroatoms. The molecule has 2 heterocycles. The number of amides is 1. The van der Waals surface area contributed by atoms with E-state index in [-0.39, 0.29) is 11.9 Å². The van der Waals surface area contributed by atoms with Gasteiger partial charge in [-0.1, -0.05) is 46.9 Å². The van der Waals surface area contributed by atoms with E-state index in [1.54, 1.807) is 35.0 Å². The third kappa shape index (κ3) is 3.12. The Hall–Kier alpha value is -2.01. The molecule has 27 heavy (non-hydrogen) atoms. The first-order valence-corrected chi connectivity index (χ1v) is 9.64. The average Bonchev–Trinajstić information content (AvgIpc) is 3.13. The highest BCUT2D eigenvalue weighted by Gasteiger charge is 2.37. The Kier molecular flexibility index (Phi) is 4.66. The molecular formula is C20H16Cl3N3O. The van der Waals surface area contributed by atoms with E-state index in [9.17, 15) is 4.79 Å². The summed E-state index contributed by atoms with van der Waals surface area (Å²) in [6.07, 6.45) is 0. The Labute approximate surface area is 172 Å². The van der Waals surface area contributed by atoms with Crippen molar-refractivity contribution in [1.29, 1.82) is 0 Å². The lowest BCUT2D eigenvalue weighted by atomic mass is 10.1. The molecule has 1 aliphatic rings. The van der Waals surface area contributed by atoms with Gasteiger partial charge in [-0.2, -0.15) is 5.10 Å². The van der Waals surface area contributed by atoms with Gasteiger partial charge < -0.3 is 4.90 Å². The van der Waals surface area contributed by atoms with Gasteiger partial charge in [0.25, 0.3) is 5.91 Å². The first-order chi connectivity index (χ1) is 12.9. The lowest BCUT2D eigenvalue weighted by Gasteiger charge is -2.21. The van der Waals surface area contributed by atoms with Crippen LogP contribution in [0.2, 0.25) is 15.1 Å². The summed E-state index contributed by atoms with van der Waals surface area (Å²) in [7, 11) is 0. The minimum absolute atomic E-state index is 0.0266.